The molecular weight excluding hydrogens is 345 g/mol. The summed E-state index contributed by atoms with van der Waals surface area (Å²) >= 11 is 3.31. The first kappa shape index (κ1) is 15.6. The highest BCUT2D eigenvalue weighted by Crippen LogP contribution is 2.21. The minimum Gasteiger partial charge on any atom is -1.00 e. The number of rotatable bonds is 0. The lowest BCUT2D eigenvalue weighted by Crippen LogP contribution is -3.00. The number of ether oxygens (including phenoxy) is 1. The van der Waals surface area contributed by atoms with Crippen molar-refractivity contribution in [3.05, 3.63) is 0 Å². The van der Waals surface area contributed by atoms with Crippen molar-refractivity contribution in [3.8, 4) is 0 Å². The Morgan fingerprint density at radius 1 is 1.53 bits per heavy atom. The molecule has 1 amide bonds. The molecule has 0 bridgehead atoms. The van der Waals surface area contributed by atoms with Crippen molar-refractivity contribution in [2.75, 3.05) is 18.6 Å². The van der Waals surface area contributed by atoms with Gasteiger partial charge in [-0.3, -0.25) is 0 Å². The normalized spacial score (nSPS) is 16.3. The van der Waals surface area contributed by atoms with Gasteiger partial charge in [0, 0.05) is 0 Å². The van der Waals surface area contributed by atoms with Crippen LogP contribution in [0.2, 0.25) is 0 Å². The number of carbonyl (C=O) groups excluding carboxylic acids is 1. The first-order valence-electron chi connectivity index (χ1n) is 4.48. The predicted octanol–water partition coefficient (Wildman–Crippen LogP) is -0.596. The predicted molar refractivity (Wildman–Crippen MR) is 62.3 cm³/mol. The third-order valence-corrected chi connectivity index (χ3v) is 3.83. The molecule has 0 aromatic carbocycles. The summed E-state index contributed by atoms with van der Waals surface area (Å²) in [5.74, 6) is 0.968. The standard InChI is InChI=1S/C9H16NO2S2.HI/c1-9(2,3)12-7(11)10-5-6-14-8(10)13-4;/h5-6H2,1-4H3;1H/q+1;/p-1. The molecule has 0 aliphatic carbocycles. The number of halogens is 1. The Bertz CT molecular complexity index is 274. The summed E-state index contributed by atoms with van der Waals surface area (Å²) < 4.78 is 8.04. The highest BCUT2D eigenvalue weighted by molar-refractivity contribution is 8.38. The molecular formula is C9H16INO2S2. The molecule has 0 aromatic heterocycles. The Morgan fingerprint density at radius 2 is 2.13 bits per heavy atom. The number of nitrogens with zero attached hydrogens (tertiary/aromatic N) is 1. The molecule has 0 fully saturated rings. The fourth-order valence-corrected chi connectivity index (χ4v) is 2.92. The summed E-state index contributed by atoms with van der Waals surface area (Å²) in [7, 11) is 0. The largest absolute Gasteiger partial charge is 1.00 e. The Hall–Kier alpha value is 0.570. The molecule has 0 aromatic rings. The molecule has 0 atom stereocenters. The van der Waals surface area contributed by atoms with Crippen LogP contribution in [0.25, 0.3) is 0 Å². The van der Waals surface area contributed by atoms with Crippen LogP contribution >= 0.6 is 23.5 Å². The van der Waals surface area contributed by atoms with E-state index in [1.165, 1.54) is 0 Å². The molecule has 1 rings (SSSR count). The van der Waals surface area contributed by atoms with Gasteiger partial charge in [0.15, 0.2) is 6.54 Å². The third kappa shape index (κ3) is 4.95. The Morgan fingerprint density at radius 3 is 2.60 bits per heavy atom. The SMILES string of the molecule is CSC1=[N+](C(=O)OC(C)(C)C)CCS1.[I-]. The topological polar surface area (TPSA) is 29.3 Å². The maximum Gasteiger partial charge on any atom is 0.598 e. The lowest BCUT2D eigenvalue weighted by Gasteiger charge is -2.16. The molecule has 0 saturated heterocycles. The van der Waals surface area contributed by atoms with Crippen molar-refractivity contribution in [2.45, 2.75) is 26.4 Å². The minimum atomic E-state index is -0.409. The number of hydrogen-bond acceptors (Lipinski definition) is 4. The molecule has 3 nitrogen and oxygen atoms in total. The van der Waals surface area contributed by atoms with Gasteiger partial charge in [0.2, 0.25) is 0 Å². The Kier molecular flexibility index (Phi) is 6.58. The highest BCUT2D eigenvalue weighted by Gasteiger charge is 2.33. The zero-order chi connectivity index (χ0) is 10.8. The van der Waals surface area contributed by atoms with Crippen LogP contribution in [-0.4, -0.2) is 39.2 Å². The van der Waals surface area contributed by atoms with Crippen molar-refractivity contribution >= 4 is 34.0 Å². The second kappa shape index (κ2) is 6.34. The molecule has 6 heteroatoms. The number of amides is 1. The van der Waals surface area contributed by atoms with Gasteiger partial charge < -0.3 is 28.7 Å². The molecule has 0 spiro atoms. The zero-order valence-electron chi connectivity index (χ0n) is 9.37. The second-order valence-electron chi connectivity index (χ2n) is 3.95. The van der Waals surface area contributed by atoms with Crippen LogP contribution in [0.5, 0.6) is 0 Å². The molecule has 0 saturated carbocycles. The van der Waals surface area contributed by atoms with E-state index in [9.17, 15) is 4.79 Å². The van der Waals surface area contributed by atoms with Crippen molar-refractivity contribution in [1.82, 2.24) is 0 Å². The molecule has 0 radical (unpaired) electrons. The number of thioether (sulfide) groups is 2. The van der Waals surface area contributed by atoms with Gasteiger partial charge in [-0.05, 0) is 38.8 Å². The summed E-state index contributed by atoms with van der Waals surface area (Å²) in [6.07, 6.45) is 1.75. The van der Waals surface area contributed by atoms with Crippen LogP contribution in [0.15, 0.2) is 0 Å². The van der Waals surface area contributed by atoms with Gasteiger partial charge in [-0.2, -0.15) is 4.79 Å². The van der Waals surface area contributed by atoms with Crippen molar-refractivity contribution < 1.29 is 38.1 Å². The summed E-state index contributed by atoms with van der Waals surface area (Å²) in [5.41, 5.74) is -0.409. The fourth-order valence-electron chi connectivity index (χ4n) is 1.05. The van der Waals surface area contributed by atoms with Crippen LogP contribution in [0.3, 0.4) is 0 Å². The van der Waals surface area contributed by atoms with Crippen molar-refractivity contribution in [2.24, 2.45) is 0 Å². The zero-order valence-corrected chi connectivity index (χ0v) is 13.2. The summed E-state index contributed by atoms with van der Waals surface area (Å²) in [6, 6.07) is 0. The molecule has 1 heterocycles. The summed E-state index contributed by atoms with van der Waals surface area (Å²) in [6.45, 7) is 6.41. The van der Waals surface area contributed by atoms with Gasteiger partial charge in [-0.25, -0.2) is 0 Å². The van der Waals surface area contributed by atoms with E-state index in [-0.39, 0.29) is 30.1 Å². The molecule has 1 aliphatic rings. The van der Waals surface area contributed by atoms with Gasteiger partial charge >= 0.3 is 6.09 Å². The van der Waals surface area contributed by atoms with Gasteiger partial charge in [0.05, 0.1) is 5.75 Å². The van der Waals surface area contributed by atoms with Crippen molar-refractivity contribution in [3.63, 3.8) is 0 Å². The van der Waals surface area contributed by atoms with Crippen LogP contribution in [0.4, 0.5) is 4.79 Å². The van der Waals surface area contributed by atoms with Crippen LogP contribution in [0, 0.1) is 0 Å². The van der Waals surface area contributed by atoms with Crippen molar-refractivity contribution in [1.29, 1.82) is 0 Å². The number of hydrogen-bond donors (Lipinski definition) is 0. The molecule has 0 unspecified atom stereocenters. The maximum absolute atomic E-state index is 11.7. The lowest BCUT2D eigenvalue weighted by atomic mass is 10.2. The average molecular weight is 361 g/mol. The van der Waals surface area contributed by atoms with E-state index in [1.54, 1.807) is 28.1 Å². The fraction of sp³-hybridized carbons (Fsp3) is 0.778. The van der Waals surface area contributed by atoms with Gasteiger partial charge in [0.1, 0.15) is 5.60 Å². The summed E-state index contributed by atoms with van der Waals surface area (Å²) in [5, 5.41) is 0. The van der Waals surface area contributed by atoms with Gasteiger partial charge in [-0.1, -0.05) is 11.8 Å². The Balaban J connectivity index is 0.00000196. The van der Waals surface area contributed by atoms with E-state index < -0.39 is 5.60 Å². The average Bonchev–Trinajstić information content (AvgIpc) is 2.47. The van der Waals surface area contributed by atoms with E-state index in [1.807, 2.05) is 27.0 Å². The van der Waals surface area contributed by atoms with E-state index in [0.29, 0.717) is 0 Å². The van der Waals surface area contributed by atoms with Gasteiger partial charge in [-0.15, -0.1) is 4.58 Å². The minimum absolute atomic E-state index is 0. The van der Waals surface area contributed by atoms with Crippen LogP contribution < -0.4 is 24.0 Å². The van der Waals surface area contributed by atoms with E-state index in [0.717, 1.165) is 16.7 Å². The van der Waals surface area contributed by atoms with Crippen LogP contribution in [0.1, 0.15) is 20.8 Å². The first-order valence-corrected chi connectivity index (χ1v) is 6.69. The summed E-state index contributed by atoms with van der Waals surface area (Å²) in [4.78, 5) is 11.7. The van der Waals surface area contributed by atoms with Crippen LogP contribution in [-0.2, 0) is 4.74 Å². The third-order valence-electron chi connectivity index (χ3n) is 1.55. The monoisotopic (exact) mass is 361 g/mol. The van der Waals surface area contributed by atoms with Gasteiger partial charge in [0.25, 0.3) is 4.38 Å². The molecule has 1 aliphatic heterocycles. The smallest absolute Gasteiger partial charge is 0.598 e. The second-order valence-corrected chi connectivity index (χ2v) is 6.09. The highest BCUT2D eigenvalue weighted by atomic mass is 127. The maximum atomic E-state index is 11.7. The molecule has 0 N–H and O–H groups in total. The lowest BCUT2D eigenvalue weighted by molar-refractivity contribution is -0.437. The molecule has 15 heavy (non-hydrogen) atoms. The van der Waals surface area contributed by atoms with E-state index in [4.69, 9.17) is 4.74 Å². The molecule has 88 valence electrons. The number of carbonyl (C=O) groups is 1. The Labute approximate surface area is 116 Å². The first-order chi connectivity index (χ1) is 6.44. The quantitative estimate of drug-likeness (QED) is 0.426. The van der Waals surface area contributed by atoms with E-state index >= 15 is 0 Å². The van der Waals surface area contributed by atoms with E-state index in [2.05, 4.69) is 0 Å².